The zero-order valence-electron chi connectivity index (χ0n) is 4.97. The first kappa shape index (κ1) is 7.06. The van der Waals surface area contributed by atoms with Crippen molar-refractivity contribution in [2.75, 3.05) is 0 Å². The van der Waals surface area contributed by atoms with Crippen molar-refractivity contribution in [1.29, 1.82) is 0 Å². The summed E-state index contributed by atoms with van der Waals surface area (Å²) in [6.45, 7) is 1.71. The van der Waals surface area contributed by atoms with Gasteiger partial charge in [-0.1, -0.05) is 11.6 Å². The zero-order chi connectivity index (χ0) is 6.85. The van der Waals surface area contributed by atoms with Gasteiger partial charge in [0.15, 0.2) is 0 Å². The van der Waals surface area contributed by atoms with Crippen LogP contribution in [0.3, 0.4) is 0 Å². The number of halogens is 1. The van der Waals surface area contributed by atoms with Crippen molar-refractivity contribution in [3.63, 3.8) is 0 Å². The lowest BCUT2D eigenvalue weighted by Gasteiger charge is -1.98. The molecule has 0 saturated carbocycles. The molecule has 0 aliphatic heterocycles. The molecule has 1 heterocycles. The van der Waals surface area contributed by atoms with Gasteiger partial charge in [-0.05, 0) is 18.4 Å². The molecule has 0 radical (unpaired) electrons. The lowest BCUT2D eigenvalue weighted by Crippen LogP contribution is -1.84. The molecule has 1 nitrogen and oxygen atoms in total. The highest BCUT2D eigenvalue weighted by Gasteiger charge is 2.05. The number of aliphatic hydroxyl groups is 1. The van der Waals surface area contributed by atoms with Crippen molar-refractivity contribution in [2.24, 2.45) is 0 Å². The van der Waals surface area contributed by atoms with Crippen LogP contribution in [0.5, 0.6) is 0 Å². The van der Waals surface area contributed by atoms with Crippen molar-refractivity contribution < 1.29 is 5.11 Å². The van der Waals surface area contributed by atoms with Gasteiger partial charge in [0.05, 0.1) is 16.0 Å². The number of rotatable bonds is 1. The van der Waals surface area contributed by atoms with Crippen LogP contribution in [-0.4, -0.2) is 5.11 Å². The maximum absolute atomic E-state index is 9.02. The first-order valence-electron chi connectivity index (χ1n) is 2.63. The van der Waals surface area contributed by atoms with E-state index in [1.807, 2.05) is 5.38 Å². The average molecular weight is 163 g/mol. The van der Waals surface area contributed by atoms with Crippen LogP contribution in [0.15, 0.2) is 11.4 Å². The minimum atomic E-state index is -0.433. The predicted molar refractivity (Wildman–Crippen MR) is 40.0 cm³/mol. The Bertz CT molecular complexity index is 195. The fourth-order valence-electron chi connectivity index (χ4n) is 0.604. The largest absolute Gasteiger partial charge is 0.388 e. The molecule has 1 N–H and O–H groups in total. The third-order valence-corrected chi connectivity index (χ3v) is 2.55. The van der Waals surface area contributed by atoms with Crippen LogP contribution >= 0.6 is 22.9 Å². The topological polar surface area (TPSA) is 20.2 Å². The van der Waals surface area contributed by atoms with Crippen LogP contribution in [0.1, 0.15) is 17.9 Å². The molecule has 1 rings (SSSR count). The average Bonchev–Trinajstić information content (AvgIpc) is 2.13. The fraction of sp³-hybridized carbons (Fsp3) is 0.333. The lowest BCUT2D eigenvalue weighted by molar-refractivity contribution is 0.203. The molecule has 0 aliphatic rings. The summed E-state index contributed by atoms with van der Waals surface area (Å²) in [6, 6.07) is 1.79. The Kier molecular flexibility index (Phi) is 2.11. The van der Waals surface area contributed by atoms with E-state index in [4.69, 9.17) is 16.7 Å². The molecule has 0 spiro atoms. The van der Waals surface area contributed by atoms with Gasteiger partial charge in [-0.25, -0.2) is 0 Å². The summed E-state index contributed by atoms with van der Waals surface area (Å²) in [7, 11) is 0. The van der Waals surface area contributed by atoms with Gasteiger partial charge in [-0.15, -0.1) is 11.3 Å². The Morgan fingerprint density at radius 1 is 1.78 bits per heavy atom. The van der Waals surface area contributed by atoms with Gasteiger partial charge in [0, 0.05) is 0 Å². The highest BCUT2D eigenvalue weighted by atomic mass is 35.5. The maximum Gasteiger partial charge on any atom is 0.0868 e. The van der Waals surface area contributed by atoms with Crippen molar-refractivity contribution in [1.82, 2.24) is 0 Å². The molecule has 1 atom stereocenters. The minimum absolute atomic E-state index is 0.433. The molecule has 0 unspecified atom stereocenters. The van der Waals surface area contributed by atoms with E-state index < -0.39 is 6.10 Å². The third-order valence-electron chi connectivity index (χ3n) is 1.02. The smallest absolute Gasteiger partial charge is 0.0868 e. The second kappa shape index (κ2) is 2.69. The van der Waals surface area contributed by atoms with Crippen LogP contribution < -0.4 is 0 Å². The Hall–Kier alpha value is -0.0500. The van der Waals surface area contributed by atoms with Crippen molar-refractivity contribution in [3.8, 4) is 0 Å². The molecule has 3 heteroatoms. The van der Waals surface area contributed by atoms with Crippen molar-refractivity contribution in [3.05, 3.63) is 21.3 Å². The summed E-state index contributed by atoms with van der Waals surface area (Å²) in [5, 5.41) is 11.5. The zero-order valence-corrected chi connectivity index (χ0v) is 6.54. The van der Waals surface area contributed by atoms with Crippen LogP contribution in [0.25, 0.3) is 0 Å². The number of hydrogen-bond donors (Lipinski definition) is 1. The molecule has 0 bridgehead atoms. The summed E-state index contributed by atoms with van der Waals surface area (Å²) in [4.78, 5) is 0.844. The highest BCUT2D eigenvalue weighted by molar-refractivity contribution is 7.10. The molecule has 0 aliphatic carbocycles. The quantitative estimate of drug-likeness (QED) is 0.673. The van der Waals surface area contributed by atoms with E-state index in [9.17, 15) is 0 Å². The second-order valence-corrected chi connectivity index (χ2v) is 3.16. The summed E-state index contributed by atoms with van der Waals surface area (Å²) in [6.07, 6.45) is -0.433. The van der Waals surface area contributed by atoms with Crippen LogP contribution in [0.2, 0.25) is 5.02 Å². The lowest BCUT2D eigenvalue weighted by atomic mass is 10.3. The van der Waals surface area contributed by atoms with Crippen molar-refractivity contribution in [2.45, 2.75) is 13.0 Å². The first-order chi connectivity index (χ1) is 4.22. The van der Waals surface area contributed by atoms with Gasteiger partial charge in [-0.2, -0.15) is 0 Å². The van der Waals surface area contributed by atoms with E-state index in [1.54, 1.807) is 13.0 Å². The van der Waals surface area contributed by atoms with Gasteiger partial charge in [0.25, 0.3) is 0 Å². The monoisotopic (exact) mass is 162 g/mol. The number of thiophene rings is 1. The minimum Gasteiger partial charge on any atom is -0.388 e. The molecule has 50 valence electrons. The second-order valence-electron chi connectivity index (χ2n) is 1.81. The number of hydrogen-bond acceptors (Lipinski definition) is 2. The number of aliphatic hydroxyl groups excluding tert-OH is 1. The van der Waals surface area contributed by atoms with E-state index >= 15 is 0 Å². The van der Waals surface area contributed by atoms with Crippen molar-refractivity contribution >= 4 is 22.9 Å². The Morgan fingerprint density at radius 3 is 2.67 bits per heavy atom. The Labute approximate surface area is 62.9 Å². The SMILES string of the molecule is C[C@@H](O)c1sccc1Cl. The van der Waals surface area contributed by atoms with Gasteiger partial charge in [0.1, 0.15) is 0 Å². The van der Waals surface area contributed by atoms with Crippen LogP contribution in [0.4, 0.5) is 0 Å². The Morgan fingerprint density at radius 2 is 2.44 bits per heavy atom. The van der Waals surface area contributed by atoms with Crippen LogP contribution in [-0.2, 0) is 0 Å². The van der Waals surface area contributed by atoms with E-state index in [-0.39, 0.29) is 0 Å². The summed E-state index contributed by atoms with van der Waals surface area (Å²) in [5.41, 5.74) is 0. The van der Waals surface area contributed by atoms with Gasteiger partial charge >= 0.3 is 0 Å². The molecule has 0 amide bonds. The molecule has 9 heavy (non-hydrogen) atoms. The molecule has 1 aromatic rings. The molecule has 1 aromatic heterocycles. The van der Waals surface area contributed by atoms with E-state index in [0.29, 0.717) is 5.02 Å². The van der Waals surface area contributed by atoms with Gasteiger partial charge < -0.3 is 5.11 Å². The fourth-order valence-corrected chi connectivity index (χ4v) is 1.76. The van der Waals surface area contributed by atoms with Crippen LogP contribution in [0, 0.1) is 0 Å². The molecular weight excluding hydrogens is 156 g/mol. The summed E-state index contributed by atoms with van der Waals surface area (Å²) in [5.74, 6) is 0. The predicted octanol–water partition coefficient (Wildman–Crippen LogP) is 2.45. The molecule has 0 fully saturated rings. The molecular formula is C6H7ClOS. The van der Waals surface area contributed by atoms with E-state index in [0.717, 1.165) is 4.88 Å². The van der Waals surface area contributed by atoms with E-state index in [1.165, 1.54) is 11.3 Å². The molecule has 0 aromatic carbocycles. The first-order valence-corrected chi connectivity index (χ1v) is 3.88. The summed E-state index contributed by atoms with van der Waals surface area (Å²) >= 11 is 7.16. The standard InChI is InChI=1S/C6H7ClOS/c1-4(8)6-5(7)2-3-9-6/h2-4,8H,1H3/t4-/m1/s1. The normalized spacial score (nSPS) is 13.7. The third kappa shape index (κ3) is 1.45. The van der Waals surface area contributed by atoms with E-state index in [2.05, 4.69) is 0 Å². The van der Waals surface area contributed by atoms with Gasteiger partial charge in [0.2, 0.25) is 0 Å². The highest BCUT2D eigenvalue weighted by Crippen LogP contribution is 2.27. The maximum atomic E-state index is 9.02. The van der Waals surface area contributed by atoms with Gasteiger partial charge in [-0.3, -0.25) is 0 Å². The molecule has 0 saturated heterocycles. The Balaban J connectivity index is 2.94. The summed E-state index contributed by atoms with van der Waals surface area (Å²) < 4.78 is 0.